The van der Waals surface area contributed by atoms with Gasteiger partial charge in [0.1, 0.15) is 5.75 Å². The van der Waals surface area contributed by atoms with Crippen LogP contribution in [0.1, 0.15) is 38.5 Å². The van der Waals surface area contributed by atoms with Gasteiger partial charge in [0.15, 0.2) is 0 Å². The van der Waals surface area contributed by atoms with Crippen LogP contribution < -0.4 is 5.73 Å². The average molecular weight is 264 g/mol. The monoisotopic (exact) mass is 264 g/mol. The third-order valence-corrected chi connectivity index (χ3v) is 5.28. The second kappa shape index (κ2) is 5.93. The van der Waals surface area contributed by atoms with Crippen LogP contribution in [0.15, 0.2) is 0 Å². The van der Waals surface area contributed by atoms with Crippen molar-refractivity contribution in [2.45, 2.75) is 44.6 Å². The fourth-order valence-electron chi connectivity index (χ4n) is 2.13. The zero-order chi connectivity index (χ0) is 12.2. The Balaban J connectivity index is 2.67. The summed E-state index contributed by atoms with van der Waals surface area (Å²) < 4.78 is 25.3. The first kappa shape index (κ1) is 13.9. The molecule has 0 amide bonds. The zero-order valence-electron chi connectivity index (χ0n) is 9.68. The lowest BCUT2D eigenvalue weighted by molar-refractivity contribution is 0.337. The first-order chi connectivity index (χ1) is 7.43. The second-order valence-corrected chi connectivity index (χ2v) is 6.94. The van der Waals surface area contributed by atoms with Crippen molar-refractivity contribution in [1.82, 2.24) is 4.31 Å². The summed E-state index contributed by atoms with van der Waals surface area (Å²) >= 11 is 4.66. The highest BCUT2D eigenvalue weighted by molar-refractivity contribution is 7.92. The molecule has 0 atom stereocenters. The smallest absolute Gasteiger partial charge is 0.220 e. The first-order valence-electron chi connectivity index (χ1n) is 5.67. The van der Waals surface area contributed by atoms with Gasteiger partial charge in [-0.25, -0.2) is 12.7 Å². The highest BCUT2D eigenvalue weighted by Crippen LogP contribution is 2.22. The summed E-state index contributed by atoms with van der Waals surface area (Å²) in [6.45, 7) is 0. The number of sulfonamides is 1. The summed E-state index contributed by atoms with van der Waals surface area (Å²) in [5.74, 6) is -0.213. The standard InChI is InChI=1S/C10H20N2O2S2/c1-12(16(13,14)8-10(11)15)9-6-4-2-3-5-7-9/h9H,2-8H2,1H3,(H2,11,15). The molecular weight excluding hydrogens is 244 g/mol. The molecule has 0 bridgehead atoms. The van der Waals surface area contributed by atoms with E-state index in [2.05, 4.69) is 12.2 Å². The molecular formula is C10H20N2O2S2. The Hall–Kier alpha value is -0.200. The van der Waals surface area contributed by atoms with Crippen molar-refractivity contribution in [3.8, 4) is 0 Å². The van der Waals surface area contributed by atoms with E-state index in [1.54, 1.807) is 7.05 Å². The highest BCUT2D eigenvalue weighted by atomic mass is 32.2. The van der Waals surface area contributed by atoms with Crippen molar-refractivity contribution < 1.29 is 8.42 Å². The Morgan fingerprint density at radius 3 is 2.25 bits per heavy atom. The van der Waals surface area contributed by atoms with Crippen molar-refractivity contribution >= 4 is 27.2 Å². The van der Waals surface area contributed by atoms with Gasteiger partial charge >= 0.3 is 0 Å². The van der Waals surface area contributed by atoms with Gasteiger partial charge in [0.05, 0.1) is 4.99 Å². The molecule has 2 N–H and O–H groups in total. The van der Waals surface area contributed by atoms with Gasteiger partial charge in [0.2, 0.25) is 10.0 Å². The van der Waals surface area contributed by atoms with Crippen LogP contribution in [0.3, 0.4) is 0 Å². The van der Waals surface area contributed by atoms with E-state index in [4.69, 9.17) is 5.73 Å². The highest BCUT2D eigenvalue weighted by Gasteiger charge is 2.27. The van der Waals surface area contributed by atoms with E-state index in [9.17, 15) is 8.42 Å². The fraction of sp³-hybridized carbons (Fsp3) is 0.900. The van der Waals surface area contributed by atoms with Gasteiger partial charge in [-0.1, -0.05) is 37.9 Å². The number of nitrogens with zero attached hydrogens (tertiary/aromatic N) is 1. The van der Waals surface area contributed by atoms with Gasteiger partial charge in [0.25, 0.3) is 0 Å². The molecule has 94 valence electrons. The van der Waals surface area contributed by atoms with Crippen molar-refractivity contribution in [3.63, 3.8) is 0 Å². The lowest BCUT2D eigenvalue weighted by Crippen LogP contribution is -2.40. The molecule has 1 rings (SSSR count). The van der Waals surface area contributed by atoms with Gasteiger partial charge in [-0.05, 0) is 12.8 Å². The quantitative estimate of drug-likeness (QED) is 0.613. The van der Waals surface area contributed by atoms with Crippen LogP contribution in [-0.4, -0.2) is 36.6 Å². The van der Waals surface area contributed by atoms with Crippen LogP contribution in [-0.2, 0) is 10.0 Å². The van der Waals surface area contributed by atoms with Crippen molar-refractivity contribution in [2.75, 3.05) is 12.8 Å². The van der Waals surface area contributed by atoms with E-state index in [0.29, 0.717) is 0 Å². The number of thiocarbonyl (C=S) groups is 1. The fourth-order valence-corrected chi connectivity index (χ4v) is 3.81. The predicted octanol–water partition coefficient (Wildman–Crippen LogP) is 1.26. The Morgan fingerprint density at radius 1 is 1.31 bits per heavy atom. The molecule has 0 aromatic heterocycles. The number of nitrogens with two attached hydrogens (primary N) is 1. The Morgan fingerprint density at radius 2 is 1.81 bits per heavy atom. The van der Waals surface area contributed by atoms with Crippen molar-refractivity contribution in [2.24, 2.45) is 5.73 Å². The predicted molar refractivity (Wildman–Crippen MR) is 69.8 cm³/mol. The van der Waals surface area contributed by atoms with Gasteiger partial charge in [0, 0.05) is 13.1 Å². The normalized spacial score (nSPS) is 19.6. The zero-order valence-corrected chi connectivity index (χ0v) is 11.3. The SMILES string of the molecule is CN(C1CCCCCC1)S(=O)(=O)CC(N)=S. The van der Waals surface area contributed by atoms with E-state index in [1.165, 1.54) is 17.1 Å². The van der Waals surface area contributed by atoms with Crippen LogP contribution in [0, 0.1) is 0 Å². The van der Waals surface area contributed by atoms with E-state index in [1.807, 2.05) is 0 Å². The molecule has 16 heavy (non-hydrogen) atoms. The first-order valence-corrected chi connectivity index (χ1v) is 7.69. The Labute approximate surface area is 103 Å². The molecule has 1 aliphatic rings. The maximum absolute atomic E-state index is 11.9. The van der Waals surface area contributed by atoms with Crippen LogP contribution in [0.5, 0.6) is 0 Å². The van der Waals surface area contributed by atoms with Gasteiger partial charge in [-0.3, -0.25) is 0 Å². The second-order valence-electron chi connectivity index (χ2n) is 4.38. The molecule has 1 saturated carbocycles. The molecule has 4 nitrogen and oxygen atoms in total. The minimum atomic E-state index is -3.31. The maximum Gasteiger partial charge on any atom is 0.220 e. The van der Waals surface area contributed by atoms with E-state index < -0.39 is 10.0 Å². The summed E-state index contributed by atoms with van der Waals surface area (Å²) in [5, 5.41) is 0. The van der Waals surface area contributed by atoms with Crippen LogP contribution >= 0.6 is 12.2 Å². The van der Waals surface area contributed by atoms with Crippen LogP contribution in [0.4, 0.5) is 0 Å². The molecule has 6 heteroatoms. The largest absolute Gasteiger partial charge is 0.392 e. The number of hydrogen-bond acceptors (Lipinski definition) is 3. The Kier molecular flexibility index (Phi) is 5.14. The van der Waals surface area contributed by atoms with E-state index in [-0.39, 0.29) is 16.8 Å². The number of hydrogen-bond donors (Lipinski definition) is 1. The minimum Gasteiger partial charge on any atom is -0.392 e. The molecule has 0 heterocycles. The van der Waals surface area contributed by atoms with E-state index >= 15 is 0 Å². The summed E-state index contributed by atoms with van der Waals surface area (Å²) in [6, 6.07) is 0.127. The molecule has 0 spiro atoms. The molecule has 0 aliphatic heterocycles. The molecule has 0 aromatic carbocycles. The summed E-state index contributed by atoms with van der Waals surface area (Å²) in [7, 11) is -1.67. The molecule has 0 unspecified atom stereocenters. The molecule has 1 fully saturated rings. The molecule has 0 saturated heterocycles. The van der Waals surface area contributed by atoms with E-state index in [0.717, 1.165) is 25.7 Å². The van der Waals surface area contributed by atoms with Gasteiger partial charge in [-0.15, -0.1) is 0 Å². The average Bonchev–Trinajstić information content (AvgIpc) is 2.42. The number of rotatable bonds is 4. The Bertz CT molecular complexity index is 333. The summed E-state index contributed by atoms with van der Waals surface area (Å²) in [6.07, 6.45) is 6.54. The topological polar surface area (TPSA) is 63.4 Å². The third-order valence-electron chi connectivity index (χ3n) is 3.10. The van der Waals surface area contributed by atoms with Gasteiger partial charge < -0.3 is 5.73 Å². The van der Waals surface area contributed by atoms with Crippen LogP contribution in [0.25, 0.3) is 0 Å². The molecule has 1 aliphatic carbocycles. The summed E-state index contributed by atoms with van der Waals surface area (Å²) in [5.41, 5.74) is 5.30. The summed E-state index contributed by atoms with van der Waals surface area (Å²) in [4.78, 5) is 0.0421. The third kappa shape index (κ3) is 3.99. The van der Waals surface area contributed by atoms with Crippen LogP contribution in [0.2, 0.25) is 0 Å². The molecule has 0 aromatic rings. The lowest BCUT2D eigenvalue weighted by Gasteiger charge is -2.26. The van der Waals surface area contributed by atoms with Crippen molar-refractivity contribution in [1.29, 1.82) is 0 Å². The lowest BCUT2D eigenvalue weighted by atomic mass is 10.1. The molecule has 0 radical (unpaired) electrons. The minimum absolute atomic E-state index is 0.0421. The maximum atomic E-state index is 11.9. The van der Waals surface area contributed by atoms with Crippen molar-refractivity contribution in [3.05, 3.63) is 0 Å². The van der Waals surface area contributed by atoms with Gasteiger partial charge in [-0.2, -0.15) is 0 Å².